The molecule has 0 aliphatic carbocycles. The molecule has 7 heteroatoms. The molecule has 1 aliphatic rings. The Labute approximate surface area is 141 Å². The molecule has 0 saturated carbocycles. The molecule has 24 heavy (non-hydrogen) atoms. The van der Waals surface area contributed by atoms with E-state index in [1.165, 1.54) is 0 Å². The number of aryl methyl sites for hydroxylation is 3. The van der Waals surface area contributed by atoms with Crippen LogP contribution in [0.3, 0.4) is 0 Å². The van der Waals surface area contributed by atoms with Gasteiger partial charge in [-0.2, -0.15) is 4.98 Å². The van der Waals surface area contributed by atoms with Crippen LogP contribution in [0.1, 0.15) is 60.5 Å². The van der Waals surface area contributed by atoms with Crippen LogP contribution >= 0.6 is 0 Å². The summed E-state index contributed by atoms with van der Waals surface area (Å²) in [5.74, 6) is 3.07. The fourth-order valence-electron chi connectivity index (χ4n) is 3.28. The van der Waals surface area contributed by atoms with E-state index in [0.29, 0.717) is 18.3 Å². The third-order valence-corrected chi connectivity index (χ3v) is 4.49. The van der Waals surface area contributed by atoms with Crippen LogP contribution in [-0.2, 0) is 0 Å². The van der Waals surface area contributed by atoms with Crippen molar-refractivity contribution in [2.45, 2.75) is 52.5 Å². The minimum Gasteiger partial charge on any atom is -0.466 e. The maximum absolute atomic E-state index is 12.6. The Morgan fingerprint density at radius 1 is 1.42 bits per heavy atom. The van der Waals surface area contributed by atoms with Crippen molar-refractivity contribution in [3.63, 3.8) is 0 Å². The molecule has 1 fully saturated rings. The van der Waals surface area contributed by atoms with Crippen LogP contribution in [0.4, 0.5) is 4.79 Å². The van der Waals surface area contributed by atoms with E-state index < -0.39 is 0 Å². The Hall–Kier alpha value is -2.31. The first-order chi connectivity index (χ1) is 11.4. The zero-order chi connectivity index (χ0) is 17.3. The Balaban J connectivity index is 1.63. The summed E-state index contributed by atoms with van der Waals surface area (Å²) >= 11 is 0. The van der Waals surface area contributed by atoms with Crippen molar-refractivity contribution in [2.24, 2.45) is 0 Å². The van der Waals surface area contributed by atoms with Gasteiger partial charge in [0, 0.05) is 18.7 Å². The van der Waals surface area contributed by atoms with Crippen LogP contribution in [0, 0.1) is 20.8 Å². The molecule has 0 bridgehead atoms. The predicted molar refractivity (Wildman–Crippen MR) is 87.7 cm³/mol. The maximum atomic E-state index is 12.6. The Morgan fingerprint density at radius 2 is 2.21 bits per heavy atom. The van der Waals surface area contributed by atoms with Gasteiger partial charge in [-0.05, 0) is 46.6 Å². The lowest BCUT2D eigenvalue weighted by atomic mass is 9.98. The van der Waals surface area contributed by atoms with Gasteiger partial charge < -0.3 is 19.2 Å². The van der Waals surface area contributed by atoms with Crippen LogP contribution in [-0.4, -0.2) is 34.2 Å². The summed E-state index contributed by atoms with van der Waals surface area (Å²) in [4.78, 5) is 18.7. The summed E-state index contributed by atoms with van der Waals surface area (Å²) in [7, 11) is 0. The molecule has 130 valence electrons. The molecule has 2 aromatic heterocycles. The molecule has 2 atom stereocenters. The third-order valence-electron chi connectivity index (χ3n) is 4.49. The van der Waals surface area contributed by atoms with E-state index >= 15 is 0 Å². The van der Waals surface area contributed by atoms with E-state index in [0.717, 1.165) is 36.5 Å². The molecule has 1 N–H and O–H groups in total. The van der Waals surface area contributed by atoms with Crippen molar-refractivity contribution >= 4 is 6.03 Å². The minimum absolute atomic E-state index is 0.0679. The van der Waals surface area contributed by atoms with Gasteiger partial charge in [0.05, 0.1) is 12.0 Å². The fraction of sp³-hybridized carbons (Fsp3) is 0.588. The molecule has 0 spiro atoms. The monoisotopic (exact) mass is 332 g/mol. The minimum atomic E-state index is -0.0963. The van der Waals surface area contributed by atoms with Crippen LogP contribution in [0.25, 0.3) is 0 Å². The van der Waals surface area contributed by atoms with E-state index in [4.69, 9.17) is 8.94 Å². The largest absolute Gasteiger partial charge is 0.466 e. The molecular weight excluding hydrogens is 308 g/mol. The number of rotatable bonds is 3. The molecule has 2 aromatic rings. The van der Waals surface area contributed by atoms with Crippen LogP contribution < -0.4 is 5.32 Å². The highest BCUT2D eigenvalue weighted by Crippen LogP contribution is 2.26. The van der Waals surface area contributed by atoms with E-state index in [9.17, 15) is 4.79 Å². The summed E-state index contributed by atoms with van der Waals surface area (Å²) in [6.07, 6.45) is 1.89. The van der Waals surface area contributed by atoms with Crippen molar-refractivity contribution in [1.82, 2.24) is 20.4 Å². The Morgan fingerprint density at radius 3 is 2.83 bits per heavy atom. The number of carbonyl (C=O) groups excluding carboxylic acids is 1. The molecule has 2 amide bonds. The van der Waals surface area contributed by atoms with Crippen LogP contribution in [0.2, 0.25) is 0 Å². The second-order valence-corrected chi connectivity index (χ2v) is 6.50. The summed E-state index contributed by atoms with van der Waals surface area (Å²) < 4.78 is 10.8. The topological polar surface area (TPSA) is 84.4 Å². The predicted octanol–water partition coefficient (Wildman–Crippen LogP) is 3.24. The second-order valence-electron chi connectivity index (χ2n) is 6.50. The Bertz CT molecular complexity index is 721. The van der Waals surface area contributed by atoms with E-state index in [-0.39, 0.29) is 18.0 Å². The number of urea groups is 1. The summed E-state index contributed by atoms with van der Waals surface area (Å²) in [6.45, 7) is 8.94. The maximum Gasteiger partial charge on any atom is 0.317 e. The standard InChI is InChI=1S/C17H24N4O3/c1-10-8-15(12(3)23-10)11(2)18-17(22)21-7-5-6-14(9-21)16-19-13(4)20-24-16/h8,11,14H,5-7,9H2,1-4H3,(H,18,22)/t11-,14-/m1/s1. The van der Waals surface area contributed by atoms with Gasteiger partial charge in [0.1, 0.15) is 11.5 Å². The zero-order valence-electron chi connectivity index (χ0n) is 14.6. The van der Waals surface area contributed by atoms with Gasteiger partial charge >= 0.3 is 6.03 Å². The lowest BCUT2D eigenvalue weighted by Gasteiger charge is -2.32. The number of carbonyl (C=O) groups is 1. The highest BCUT2D eigenvalue weighted by atomic mass is 16.5. The first-order valence-electron chi connectivity index (χ1n) is 8.36. The summed E-state index contributed by atoms with van der Waals surface area (Å²) in [5.41, 5.74) is 1.02. The number of amides is 2. The lowest BCUT2D eigenvalue weighted by molar-refractivity contribution is 0.169. The van der Waals surface area contributed by atoms with Gasteiger partial charge in [0.15, 0.2) is 5.82 Å². The number of hydrogen-bond acceptors (Lipinski definition) is 5. The molecule has 1 saturated heterocycles. The number of nitrogens with zero attached hydrogens (tertiary/aromatic N) is 3. The van der Waals surface area contributed by atoms with Gasteiger partial charge in [-0.1, -0.05) is 5.16 Å². The highest BCUT2D eigenvalue weighted by Gasteiger charge is 2.29. The van der Waals surface area contributed by atoms with Gasteiger partial charge in [0.2, 0.25) is 5.89 Å². The average Bonchev–Trinajstić information content (AvgIpc) is 3.12. The molecule has 3 rings (SSSR count). The van der Waals surface area contributed by atoms with E-state index in [1.54, 1.807) is 6.92 Å². The van der Waals surface area contributed by atoms with Gasteiger partial charge in [-0.25, -0.2) is 4.79 Å². The van der Waals surface area contributed by atoms with Gasteiger partial charge in [0.25, 0.3) is 0 Å². The lowest BCUT2D eigenvalue weighted by Crippen LogP contribution is -2.45. The molecule has 0 aromatic carbocycles. The van der Waals surface area contributed by atoms with Crippen LogP contribution in [0.5, 0.6) is 0 Å². The fourth-order valence-corrected chi connectivity index (χ4v) is 3.28. The molecule has 0 unspecified atom stereocenters. The molecule has 3 heterocycles. The smallest absolute Gasteiger partial charge is 0.317 e. The number of hydrogen-bond donors (Lipinski definition) is 1. The van der Waals surface area contributed by atoms with Crippen molar-refractivity contribution in [3.05, 3.63) is 34.9 Å². The molecular formula is C17H24N4O3. The van der Waals surface area contributed by atoms with Crippen molar-refractivity contribution in [3.8, 4) is 0 Å². The van der Waals surface area contributed by atoms with Gasteiger partial charge in [-0.15, -0.1) is 0 Å². The van der Waals surface area contributed by atoms with Crippen molar-refractivity contribution in [1.29, 1.82) is 0 Å². The summed E-state index contributed by atoms with van der Waals surface area (Å²) in [5, 5.41) is 6.90. The highest BCUT2D eigenvalue weighted by molar-refractivity contribution is 5.75. The molecule has 7 nitrogen and oxygen atoms in total. The summed E-state index contributed by atoms with van der Waals surface area (Å²) in [6, 6.07) is 1.81. The number of likely N-dealkylation sites (tertiary alicyclic amines) is 1. The normalized spacial score (nSPS) is 19.3. The first kappa shape index (κ1) is 16.5. The number of furan rings is 1. The molecule has 0 radical (unpaired) electrons. The molecule has 1 aliphatic heterocycles. The zero-order valence-corrected chi connectivity index (χ0v) is 14.6. The van der Waals surface area contributed by atoms with Crippen LogP contribution in [0.15, 0.2) is 15.0 Å². The van der Waals surface area contributed by atoms with Crippen molar-refractivity contribution < 1.29 is 13.7 Å². The first-order valence-corrected chi connectivity index (χ1v) is 8.36. The number of nitrogens with one attached hydrogen (secondary N) is 1. The SMILES string of the molecule is Cc1noc([C@@H]2CCCN(C(=O)N[C@H](C)c3cc(C)oc3C)C2)n1. The second kappa shape index (κ2) is 6.67. The number of piperidine rings is 1. The Kier molecular flexibility index (Phi) is 4.59. The van der Waals surface area contributed by atoms with Crippen molar-refractivity contribution in [2.75, 3.05) is 13.1 Å². The van der Waals surface area contributed by atoms with Gasteiger partial charge in [-0.3, -0.25) is 0 Å². The average molecular weight is 332 g/mol. The number of aromatic nitrogens is 2. The quantitative estimate of drug-likeness (QED) is 0.932. The van der Waals surface area contributed by atoms with E-state index in [1.807, 2.05) is 31.7 Å². The third kappa shape index (κ3) is 3.44. The van der Waals surface area contributed by atoms with E-state index in [2.05, 4.69) is 15.5 Å².